The van der Waals surface area contributed by atoms with Crippen LogP contribution in [0.1, 0.15) is 17.2 Å². The molecule has 0 spiro atoms. The van der Waals surface area contributed by atoms with Crippen LogP contribution in [0.2, 0.25) is 5.02 Å². The molecule has 0 heterocycles. The summed E-state index contributed by atoms with van der Waals surface area (Å²) in [7, 11) is 1.56. The highest BCUT2D eigenvalue weighted by atomic mass is 35.5. The smallest absolute Gasteiger partial charge is 0.241 e. The van der Waals surface area contributed by atoms with Gasteiger partial charge in [0.15, 0.2) is 0 Å². The molecule has 0 aliphatic carbocycles. The first-order valence-electron chi connectivity index (χ1n) is 6.53. The van der Waals surface area contributed by atoms with Gasteiger partial charge in [-0.25, -0.2) is 0 Å². The molecule has 2 rings (SSSR count). The molecule has 1 atom stereocenters. The third-order valence-corrected chi connectivity index (χ3v) is 3.53. The van der Waals surface area contributed by atoms with Crippen LogP contribution in [0.15, 0.2) is 48.5 Å². The number of halogens is 1. The quantitative estimate of drug-likeness (QED) is 0.892. The topological polar surface area (TPSA) is 64.3 Å². The summed E-state index contributed by atoms with van der Waals surface area (Å²) in [6, 6.07) is 13.8. The fourth-order valence-corrected chi connectivity index (χ4v) is 2.23. The van der Waals surface area contributed by atoms with E-state index in [1.807, 2.05) is 30.3 Å². The number of carbonyl (C=O) groups is 1. The Hall–Kier alpha value is -2.04. The van der Waals surface area contributed by atoms with Gasteiger partial charge in [0, 0.05) is 17.1 Å². The molecule has 0 radical (unpaired) electrons. The minimum atomic E-state index is -0.709. The molecular weight excluding hydrogens is 288 g/mol. The Morgan fingerprint density at radius 3 is 2.62 bits per heavy atom. The second kappa shape index (κ2) is 7.11. The van der Waals surface area contributed by atoms with Crippen molar-refractivity contribution in [3.8, 4) is 5.75 Å². The van der Waals surface area contributed by atoms with Crippen LogP contribution in [-0.2, 0) is 11.3 Å². The van der Waals surface area contributed by atoms with Gasteiger partial charge in [0.25, 0.3) is 0 Å². The van der Waals surface area contributed by atoms with Gasteiger partial charge < -0.3 is 15.8 Å². The first-order chi connectivity index (χ1) is 10.1. The van der Waals surface area contributed by atoms with Gasteiger partial charge in [0.1, 0.15) is 11.8 Å². The number of carbonyl (C=O) groups excluding carboxylic acids is 1. The lowest BCUT2D eigenvalue weighted by atomic mass is 10.1. The normalized spacial score (nSPS) is 11.8. The Balaban J connectivity index is 2.05. The minimum Gasteiger partial charge on any atom is -0.496 e. The molecule has 21 heavy (non-hydrogen) atoms. The summed E-state index contributed by atoms with van der Waals surface area (Å²) in [5, 5.41) is 3.33. The van der Waals surface area contributed by atoms with Crippen molar-refractivity contribution < 1.29 is 9.53 Å². The standard InChI is InChI=1S/C16H17ClN2O2/c1-21-14-9-5-8-13(17)12(14)10-19-16(20)15(18)11-6-3-2-4-7-11/h2-9,15H,10,18H2,1H3,(H,19,20)/t15-/m1/s1. The van der Waals surface area contributed by atoms with Gasteiger partial charge in [0.2, 0.25) is 5.91 Å². The van der Waals surface area contributed by atoms with E-state index < -0.39 is 6.04 Å². The second-order valence-corrected chi connectivity index (χ2v) is 4.93. The molecule has 0 saturated heterocycles. The third-order valence-electron chi connectivity index (χ3n) is 3.18. The van der Waals surface area contributed by atoms with Crippen molar-refractivity contribution in [2.75, 3.05) is 7.11 Å². The average molecular weight is 305 g/mol. The maximum atomic E-state index is 12.1. The van der Waals surface area contributed by atoms with Crippen molar-refractivity contribution in [3.63, 3.8) is 0 Å². The zero-order chi connectivity index (χ0) is 15.2. The molecule has 0 aliphatic heterocycles. The van der Waals surface area contributed by atoms with E-state index in [2.05, 4.69) is 5.32 Å². The number of amides is 1. The Kier molecular flexibility index (Phi) is 5.20. The molecule has 0 unspecified atom stereocenters. The molecule has 2 aromatic carbocycles. The number of nitrogens with one attached hydrogen (secondary N) is 1. The Bertz CT molecular complexity index is 617. The van der Waals surface area contributed by atoms with Gasteiger partial charge in [-0.2, -0.15) is 0 Å². The molecule has 1 amide bonds. The lowest BCUT2D eigenvalue weighted by Gasteiger charge is -2.15. The number of hydrogen-bond acceptors (Lipinski definition) is 3. The van der Waals surface area contributed by atoms with E-state index >= 15 is 0 Å². The van der Waals surface area contributed by atoms with Crippen molar-refractivity contribution in [3.05, 3.63) is 64.7 Å². The Morgan fingerprint density at radius 1 is 1.24 bits per heavy atom. The largest absolute Gasteiger partial charge is 0.496 e. The third kappa shape index (κ3) is 3.74. The summed E-state index contributed by atoms with van der Waals surface area (Å²) < 4.78 is 5.24. The van der Waals surface area contributed by atoms with Crippen LogP contribution in [0, 0.1) is 0 Å². The molecular formula is C16H17ClN2O2. The number of nitrogens with two attached hydrogens (primary N) is 1. The fourth-order valence-electron chi connectivity index (χ4n) is 2.00. The summed E-state index contributed by atoms with van der Waals surface area (Å²) in [6.07, 6.45) is 0. The van der Waals surface area contributed by atoms with Crippen molar-refractivity contribution in [2.24, 2.45) is 5.73 Å². The minimum absolute atomic E-state index is 0.261. The van der Waals surface area contributed by atoms with Gasteiger partial charge >= 0.3 is 0 Å². The van der Waals surface area contributed by atoms with Crippen LogP contribution in [0.4, 0.5) is 0 Å². The van der Waals surface area contributed by atoms with Gasteiger partial charge in [-0.05, 0) is 17.7 Å². The van der Waals surface area contributed by atoms with Crippen LogP contribution in [-0.4, -0.2) is 13.0 Å². The Morgan fingerprint density at radius 2 is 1.95 bits per heavy atom. The van der Waals surface area contributed by atoms with Crippen molar-refractivity contribution in [1.29, 1.82) is 0 Å². The van der Waals surface area contributed by atoms with Crippen LogP contribution in [0.3, 0.4) is 0 Å². The summed E-state index contributed by atoms with van der Waals surface area (Å²) in [6.45, 7) is 0.266. The number of benzene rings is 2. The SMILES string of the molecule is COc1cccc(Cl)c1CNC(=O)[C@H](N)c1ccccc1. The lowest BCUT2D eigenvalue weighted by Crippen LogP contribution is -2.33. The first kappa shape index (κ1) is 15.4. The zero-order valence-electron chi connectivity index (χ0n) is 11.7. The van der Waals surface area contributed by atoms with Crippen molar-refractivity contribution in [2.45, 2.75) is 12.6 Å². The molecule has 0 aliphatic rings. The highest BCUT2D eigenvalue weighted by Gasteiger charge is 2.16. The van der Waals surface area contributed by atoms with E-state index in [-0.39, 0.29) is 12.5 Å². The molecule has 0 aromatic heterocycles. The van der Waals surface area contributed by atoms with Gasteiger partial charge in [-0.1, -0.05) is 48.0 Å². The van der Waals surface area contributed by atoms with E-state index in [9.17, 15) is 4.79 Å². The van der Waals surface area contributed by atoms with Crippen molar-refractivity contribution >= 4 is 17.5 Å². The number of rotatable bonds is 5. The van der Waals surface area contributed by atoms with E-state index in [1.54, 1.807) is 25.3 Å². The Labute approximate surface area is 128 Å². The zero-order valence-corrected chi connectivity index (χ0v) is 12.4. The molecule has 0 saturated carbocycles. The first-order valence-corrected chi connectivity index (χ1v) is 6.91. The number of hydrogen-bond donors (Lipinski definition) is 2. The lowest BCUT2D eigenvalue weighted by molar-refractivity contribution is -0.122. The predicted molar refractivity (Wildman–Crippen MR) is 83.2 cm³/mol. The fraction of sp³-hybridized carbons (Fsp3) is 0.188. The number of methoxy groups -OCH3 is 1. The van der Waals surface area contributed by atoms with E-state index in [0.29, 0.717) is 10.8 Å². The highest BCUT2D eigenvalue weighted by molar-refractivity contribution is 6.31. The maximum absolute atomic E-state index is 12.1. The summed E-state index contributed by atoms with van der Waals surface area (Å²) in [5.41, 5.74) is 7.43. The highest BCUT2D eigenvalue weighted by Crippen LogP contribution is 2.26. The molecule has 4 nitrogen and oxygen atoms in total. The molecule has 0 fully saturated rings. The second-order valence-electron chi connectivity index (χ2n) is 4.53. The van der Waals surface area contributed by atoms with Gasteiger partial charge in [-0.3, -0.25) is 4.79 Å². The molecule has 3 N–H and O–H groups in total. The maximum Gasteiger partial charge on any atom is 0.241 e. The summed E-state index contributed by atoms with van der Waals surface area (Å²) >= 11 is 6.13. The van der Waals surface area contributed by atoms with E-state index in [0.717, 1.165) is 11.1 Å². The van der Waals surface area contributed by atoms with Crippen LogP contribution >= 0.6 is 11.6 Å². The van der Waals surface area contributed by atoms with Gasteiger partial charge in [0.05, 0.1) is 7.11 Å². The molecule has 5 heteroatoms. The molecule has 0 bridgehead atoms. The molecule has 110 valence electrons. The average Bonchev–Trinajstić information content (AvgIpc) is 2.53. The summed E-state index contributed by atoms with van der Waals surface area (Å²) in [5.74, 6) is 0.374. The van der Waals surface area contributed by atoms with Crippen LogP contribution < -0.4 is 15.8 Å². The van der Waals surface area contributed by atoms with E-state index in [1.165, 1.54) is 0 Å². The monoisotopic (exact) mass is 304 g/mol. The van der Waals surface area contributed by atoms with Crippen LogP contribution in [0.25, 0.3) is 0 Å². The molecule has 2 aromatic rings. The van der Waals surface area contributed by atoms with Gasteiger partial charge in [-0.15, -0.1) is 0 Å². The van der Waals surface area contributed by atoms with E-state index in [4.69, 9.17) is 22.1 Å². The predicted octanol–water partition coefficient (Wildman–Crippen LogP) is 2.66. The van der Waals surface area contributed by atoms with Crippen LogP contribution in [0.5, 0.6) is 5.75 Å². The van der Waals surface area contributed by atoms with Crippen molar-refractivity contribution in [1.82, 2.24) is 5.32 Å². The number of ether oxygens (including phenoxy) is 1. The summed E-state index contributed by atoms with van der Waals surface area (Å²) in [4.78, 5) is 12.1.